The van der Waals surface area contributed by atoms with Crippen molar-refractivity contribution < 1.29 is 22.7 Å². The van der Waals surface area contributed by atoms with Crippen LogP contribution in [0.4, 0.5) is 27.8 Å². The van der Waals surface area contributed by atoms with Gasteiger partial charge in [-0.15, -0.1) is 0 Å². The summed E-state index contributed by atoms with van der Waals surface area (Å²) in [5, 5.41) is 3.24. The fourth-order valence-corrected chi connectivity index (χ4v) is 6.66. The van der Waals surface area contributed by atoms with Crippen LogP contribution >= 0.6 is 0 Å². The summed E-state index contributed by atoms with van der Waals surface area (Å²) < 4.78 is 36.3. The second-order valence-electron chi connectivity index (χ2n) is 12.5. The van der Waals surface area contributed by atoms with Crippen molar-refractivity contribution in [2.45, 2.75) is 52.0 Å². The second kappa shape index (κ2) is 12.6. The van der Waals surface area contributed by atoms with Crippen LogP contribution in [0.5, 0.6) is 5.88 Å². The smallest absolute Gasteiger partial charge is 0.415 e. The summed E-state index contributed by atoms with van der Waals surface area (Å²) in [6.45, 7) is 10.0. The van der Waals surface area contributed by atoms with Gasteiger partial charge < -0.3 is 24.6 Å². The summed E-state index contributed by atoms with van der Waals surface area (Å²) in [7, 11) is 0.530. The molecule has 0 atom stereocenters. The highest BCUT2D eigenvalue weighted by Crippen LogP contribution is 2.39. The molecule has 0 spiro atoms. The molecule has 2 aliphatic heterocycles. The number of benzene rings is 1. The molecule has 5 rings (SSSR count). The Morgan fingerprint density at radius 2 is 1.86 bits per heavy atom. The molecule has 1 N–H and O–H groups in total. The number of anilines is 4. The van der Waals surface area contributed by atoms with Gasteiger partial charge >= 0.3 is 6.09 Å². The van der Waals surface area contributed by atoms with Gasteiger partial charge in [-0.25, -0.2) is 28.2 Å². The molecule has 44 heavy (non-hydrogen) atoms. The molecule has 0 fully saturated rings. The molecule has 0 bridgehead atoms. The van der Waals surface area contributed by atoms with Gasteiger partial charge in [-0.05, 0) is 71.5 Å². The number of nitrogens with zero attached hydrogens (tertiary/aromatic N) is 6. The van der Waals surface area contributed by atoms with Crippen LogP contribution in [-0.4, -0.2) is 86.1 Å². The Labute approximate surface area is 259 Å². The van der Waals surface area contributed by atoms with Gasteiger partial charge in [0, 0.05) is 30.5 Å². The normalized spacial score (nSPS) is 15.0. The molecule has 1 amide bonds. The topological polar surface area (TPSA) is 130 Å². The van der Waals surface area contributed by atoms with Crippen molar-refractivity contribution in [3.63, 3.8) is 0 Å². The SMILES string of the molecule is Cc1c(N2CCc3cnc(Nc4ccc(CS(=O)(=O)CCN(C)C)cc4)nc3C2)cnc2c1N(C(=O)OC(C)(C)C)CCO2. The van der Waals surface area contributed by atoms with E-state index in [1.165, 1.54) is 0 Å². The van der Waals surface area contributed by atoms with Crippen molar-refractivity contribution in [3.05, 3.63) is 59.0 Å². The average Bonchev–Trinajstić information content (AvgIpc) is 2.96. The molecule has 2 aliphatic rings. The van der Waals surface area contributed by atoms with Crippen LogP contribution in [-0.2, 0) is 33.3 Å². The third-order valence-electron chi connectivity index (χ3n) is 7.42. The molecule has 0 saturated heterocycles. The van der Waals surface area contributed by atoms with Crippen molar-refractivity contribution in [3.8, 4) is 5.88 Å². The maximum Gasteiger partial charge on any atom is 0.415 e. The fourth-order valence-electron chi connectivity index (χ4n) is 5.18. The first kappa shape index (κ1) is 31.5. The highest BCUT2D eigenvalue weighted by Gasteiger charge is 2.32. The molecule has 12 nitrogen and oxygen atoms in total. The first-order chi connectivity index (χ1) is 20.8. The van der Waals surface area contributed by atoms with Gasteiger partial charge in [-0.3, -0.25) is 4.90 Å². The lowest BCUT2D eigenvalue weighted by atomic mass is 10.0. The molecular weight excluding hydrogens is 582 g/mol. The van der Waals surface area contributed by atoms with E-state index in [4.69, 9.17) is 14.5 Å². The summed E-state index contributed by atoms with van der Waals surface area (Å²) in [4.78, 5) is 32.6. The van der Waals surface area contributed by atoms with Crippen LogP contribution in [0.15, 0.2) is 36.7 Å². The predicted octanol–water partition coefficient (Wildman–Crippen LogP) is 4.10. The van der Waals surface area contributed by atoms with Crippen molar-refractivity contribution in [1.29, 1.82) is 0 Å². The highest BCUT2D eigenvalue weighted by atomic mass is 32.2. The molecule has 0 unspecified atom stereocenters. The predicted molar refractivity (Wildman–Crippen MR) is 171 cm³/mol. The minimum Gasteiger partial charge on any atom is -0.474 e. The van der Waals surface area contributed by atoms with Crippen molar-refractivity contribution >= 4 is 38.9 Å². The Bertz CT molecular complexity index is 1620. The van der Waals surface area contributed by atoms with Gasteiger partial charge in [-0.2, -0.15) is 0 Å². The third kappa shape index (κ3) is 7.56. The lowest BCUT2D eigenvalue weighted by molar-refractivity contribution is 0.0566. The number of sulfone groups is 1. The number of nitrogens with one attached hydrogen (secondary N) is 1. The zero-order valence-corrected chi connectivity index (χ0v) is 27.1. The summed E-state index contributed by atoms with van der Waals surface area (Å²) in [5.74, 6) is 1.01. The zero-order chi connectivity index (χ0) is 31.6. The number of carbonyl (C=O) groups is 1. The Morgan fingerprint density at radius 1 is 1.11 bits per heavy atom. The number of hydrogen-bond donors (Lipinski definition) is 1. The van der Waals surface area contributed by atoms with Crippen LogP contribution in [0.25, 0.3) is 0 Å². The number of rotatable bonds is 8. The summed E-state index contributed by atoms with van der Waals surface area (Å²) in [5.41, 5.74) is 5.28. The Hall–Kier alpha value is -3.97. The number of carbonyl (C=O) groups excluding carboxylic acids is 1. The van der Waals surface area contributed by atoms with Crippen molar-refractivity contribution in [1.82, 2.24) is 19.9 Å². The maximum atomic E-state index is 13.1. The highest BCUT2D eigenvalue weighted by molar-refractivity contribution is 7.90. The number of pyridine rings is 1. The quantitative estimate of drug-likeness (QED) is 0.389. The fraction of sp³-hybridized carbons (Fsp3) is 0.484. The van der Waals surface area contributed by atoms with E-state index < -0.39 is 21.5 Å². The zero-order valence-electron chi connectivity index (χ0n) is 26.3. The lowest BCUT2D eigenvalue weighted by Gasteiger charge is -2.35. The number of amides is 1. The summed E-state index contributed by atoms with van der Waals surface area (Å²) in [6.07, 6.45) is 3.98. The van der Waals surface area contributed by atoms with E-state index in [1.54, 1.807) is 11.1 Å². The summed E-state index contributed by atoms with van der Waals surface area (Å²) >= 11 is 0. The number of ether oxygens (including phenoxy) is 2. The van der Waals surface area contributed by atoms with Gasteiger partial charge in [0.1, 0.15) is 17.9 Å². The standard InChI is InChI=1S/C31H41N7O5S/c1-21-26(18-32-28-27(21)38(13-15-42-28)30(39)43-31(2,3)4)37-12-11-23-17-33-29(35-25(23)19-37)34-24-9-7-22(8-10-24)20-44(40,41)16-14-36(5)6/h7-10,17-18H,11-16,19-20H2,1-6H3,(H,33,34,35). The molecule has 4 heterocycles. The minimum atomic E-state index is -3.19. The molecule has 2 aromatic heterocycles. The van der Waals surface area contributed by atoms with Gasteiger partial charge in [0.05, 0.1) is 42.2 Å². The molecule has 3 aromatic rings. The maximum absolute atomic E-state index is 13.1. The Kier molecular flexibility index (Phi) is 8.98. The van der Waals surface area contributed by atoms with Gasteiger partial charge in [-0.1, -0.05) is 12.1 Å². The van der Waals surface area contributed by atoms with Crippen LogP contribution < -0.4 is 19.9 Å². The molecule has 0 radical (unpaired) electrons. The van der Waals surface area contributed by atoms with E-state index in [-0.39, 0.29) is 11.5 Å². The van der Waals surface area contributed by atoms with Gasteiger partial charge in [0.15, 0.2) is 9.84 Å². The molecule has 13 heteroatoms. The molecule has 1 aromatic carbocycles. The average molecular weight is 624 g/mol. The van der Waals surface area contributed by atoms with Gasteiger partial charge in [0.2, 0.25) is 11.8 Å². The Morgan fingerprint density at radius 3 is 2.57 bits per heavy atom. The van der Waals surface area contributed by atoms with E-state index in [2.05, 4.69) is 20.2 Å². The van der Waals surface area contributed by atoms with E-state index in [9.17, 15) is 13.2 Å². The Balaban J connectivity index is 1.30. The number of aromatic nitrogens is 3. The molecule has 0 saturated carbocycles. The van der Waals surface area contributed by atoms with E-state index >= 15 is 0 Å². The van der Waals surface area contributed by atoms with Crippen LogP contribution in [0.1, 0.15) is 43.2 Å². The number of hydrogen-bond acceptors (Lipinski definition) is 11. The van der Waals surface area contributed by atoms with Crippen LogP contribution in [0, 0.1) is 6.92 Å². The van der Waals surface area contributed by atoms with Gasteiger partial charge in [0.25, 0.3) is 0 Å². The van der Waals surface area contributed by atoms with E-state index in [1.807, 2.05) is 77.2 Å². The van der Waals surface area contributed by atoms with E-state index in [0.717, 1.165) is 46.7 Å². The first-order valence-corrected chi connectivity index (χ1v) is 16.5. The summed E-state index contributed by atoms with van der Waals surface area (Å²) in [6, 6.07) is 7.30. The monoisotopic (exact) mass is 623 g/mol. The first-order valence-electron chi connectivity index (χ1n) is 14.7. The largest absolute Gasteiger partial charge is 0.474 e. The third-order valence-corrected chi connectivity index (χ3v) is 8.99. The van der Waals surface area contributed by atoms with Crippen LogP contribution in [0.3, 0.4) is 0 Å². The number of fused-ring (bicyclic) bond motifs is 2. The minimum absolute atomic E-state index is 0.00489. The van der Waals surface area contributed by atoms with Crippen LogP contribution in [0.2, 0.25) is 0 Å². The van der Waals surface area contributed by atoms with Crippen molar-refractivity contribution in [2.75, 3.05) is 61.2 Å². The lowest BCUT2D eigenvalue weighted by Crippen LogP contribution is -2.42. The molecular formula is C31H41N7O5S. The van der Waals surface area contributed by atoms with E-state index in [0.29, 0.717) is 43.8 Å². The molecule has 236 valence electrons. The second-order valence-corrected chi connectivity index (χ2v) is 14.6. The van der Waals surface area contributed by atoms with Crippen molar-refractivity contribution in [2.24, 2.45) is 0 Å². The molecule has 0 aliphatic carbocycles.